The van der Waals surface area contributed by atoms with Crippen molar-refractivity contribution in [3.8, 4) is 11.1 Å². The summed E-state index contributed by atoms with van der Waals surface area (Å²) in [6, 6.07) is 42.1. The first kappa shape index (κ1) is 17.7. The fourth-order valence-corrected chi connectivity index (χ4v) is 5.54. The lowest BCUT2D eigenvalue weighted by Crippen LogP contribution is -2.28. The molecular formula is C29H19Br. The molecule has 0 N–H and O–H groups in total. The summed E-state index contributed by atoms with van der Waals surface area (Å²) < 4.78 is 1.11. The Morgan fingerprint density at radius 3 is 1.73 bits per heavy atom. The highest BCUT2D eigenvalue weighted by atomic mass is 79.9. The van der Waals surface area contributed by atoms with E-state index in [-0.39, 0.29) is 5.41 Å². The van der Waals surface area contributed by atoms with Crippen LogP contribution in [-0.2, 0) is 5.41 Å². The van der Waals surface area contributed by atoms with Gasteiger partial charge in [0.05, 0.1) is 5.41 Å². The molecule has 1 aliphatic rings. The van der Waals surface area contributed by atoms with Gasteiger partial charge in [0.2, 0.25) is 0 Å². The maximum atomic E-state index is 3.61. The Labute approximate surface area is 185 Å². The van der Waals surface area contributed by atoms with E-state index in [1.165, 1.54) is 44.2 Å². The van der Waals surface area contributed by atoms with Crippen LogP contribution in [0, 0.1) is 0 Å². The van der Waals surface area contributed by atoms with Crippen LogP contribution in [0.4, 0.5) is 0 Å². The van der Waals surface area contributed by atoms with Gasteiger partial charge in [-0.15, -0.1) is 0 Å². The summed E-state index contributed by atoms with van der Waals surface area (Å²) in [5.74, 6) is 0. The Morgan fingerprint density at radius 1 is 0.467 bits per heavy atom. The van der Waals surface area contributed by atoms with E-state index in [1.54, 1.807) is 0 Å². The standard InChI is InChI=1S/C29H19Br/c30-24-17-15-20-18-23(16-14-21(20)19-24)29(22-8-2-1-3-9-22)27-12-6-4-10-25(27)26-11-5-7-13-28(26)29/h1-19H. The lowest BCUT2D eigenvalue weighted by Gasteiger charge is -2.34. The highest BCUT2D eigenvalue weighted by Crippen LogP contribution is 2.56. The number of fused-ring (bicyclic) bond motifs is 4. The zero-order valence-electron chi connectivity index (χ0n) is 16.3. The molecule has 0 aromatic heterocycles. The van der Waals surface area contributed by atoms with Crippen molar-refractivity contribution in [1.29, 1.82) is 0 Å². The van der Waals surface area contributed by atoms with E-state index in [0.29, 0.717) is 0 Å². The maximum Gasteiger partial charge on any atom is 0.0713 e. The SMILES string of the molecule is Brc1ccc2cc(C3(c4ccccc4)c4ccccc4-c4ccccc43)ccc2c1. The molecule has 6 rings (SSSR count). The van der Waals surface area contributed by atoms with Gasteiger partial charge in [-0.1, -0.05) is 113 Å². The largest absolute Gasteiger partial charge is 0.0713 e. The molecule has 0 amide bonds. The number of hydrogen-bond donors (Lipinski definition) is 0. The Morgan fingerprint density at radius 2 is 1.03 bits per heavy atom. The van der Waals surface area contributed by atoms with Crippen LogP contribution < -0.4 is 0 Å². The van der Waals surface area contributed by atoms with Gasteiger partial charge >= 0.3 is 0 Å². The van der Waals surface area contributed by atoms with Crippen molar-refractivity contribution in [2.24, 2.45) is 0 Å². The second-order valence-corrected chi connectivity index (χ2v) is 8.83. The van der Waals surface area contributed by atoms with Crippen molar-refractivity contribution < 1.29 is 0 Å². The fraction of sp³-hybridized carbons (Fsp3) is 0.0345. The van der Waals surface area contributed by atoms with Crippen LogP contribution in [-0.4, -0.2) is 0 Å². The second-order valence-electron chi connectivity index (χ2n) is 7.91. The molecule has 5 aromatic rings. The quantitative estimate of drug-likeness (QED) is 0.253. The molecule has 0 spiro atoms. The summed E-state index contributed by atoms with van der Waals surface area (Å²) in [4.78, 5) is 0. The summed E-state index contributed by atoms with van der Waals surface area (Å²) in [7, 11) is 0. The third-order valence-electron chi connectivity index (χ3n) is 6.39. The van der Waals surface area contributed by atoms with Gasteiger partial charge in [-0.2, -0.15) is 0 Å². The molecule has 142 valence electrons. The number of benzene rings is 5. The number of rotatable bonds is 2. The van der Waals surface area contributed by atoms with Crippen LogP contribution in [0.15, 0.2) is 120 Å². The van der Waals surface area contributed by atoms with Crippen molar-refractivity contribution in [3.05, 3.63) is 142 Å². The van der Waals surface area contributed by atoms with Crippen LogP contribution in [0.5, 0.6) is 0 Å². The first-order valence-electron chi connectivity index (χ1n) is 10.2. The molecule has 0 unspecified atom stereocenters. The van der Waals surface area contributed by atoms with E-state index in [0.717, 1.165) is 4.47 Å². The first-order valence-corrected chi connectivity index (χ1v) is 11.0. The van der Waals surface area contributed by atoms with Gasteiger partial charge in [0.1, 0.15) is 0 Å². The Balaban J connectivity index is 1.77. The third kappa shape index (κ3) is 2.39. The van der Waals surface area contributed by atoms with Gasteiger partial charge in [-0.05, 0) is 62.4 Å². The predicted molar refractivity (Wildman–Crippen MR) is 129 cm³/mol. The zero-order chi connectivity index (χ0) is 20.1. The van der Waals surface area contributed by atoms with E-state index in [9.17, 15) is 0 Å². The van der Waals surface area contributed by atoms with E-state index in [1.807, 2.05) is 0 Å². The van der Waals surface area contributed by atoms with E-state index in [2.05, 4.69) is 131 Å². The van der Waals surface area contributed by atoms with Crippen LogP contribution in [0.3, 0.4) is 0 Å². The lowest BCUT2D eigenvalue weighted by molar-refractivity contribution is 0.770. The molecule has 0 bridgehead atoms. The number of halogens is 1. The van der Waals surface area contributed by atoms with Crippen molar-refractivity contribution in [2.75, 3.05) is 0 Å². The normalized spacial score (nSPS) is 13.8. The monoisotopic (exact) mass is 446 g/mol. The Kier molecular flexibility index (Phi) is 3.94. The average molecular weight is 447 g/mol. The molecule has 0 saturated heterocycles. The smallest absolute Gasteiger partial charge is 0.0622 e. The molecule has 0 radical (unpaired) electrons. The Hall–Kier alpha value is -3.16. The minimum absolute atomic E-state index is 0.324. The molecule has 0 nitrogen and oxygen atoms in total. The van der Waals surface area contributed by atoms with E-state index >= 15 is 0 Å². The molecule has 1 heteroatoms. The van der Waals surface area contributed by atoms with Gasteiger partial charge in [0.25, 0.3) is 0 Å². The van der Waals surface area contributed by atoms with Crippen LogP contribution >= 0.6 is 15.9 Å². The average Bonchev–Trinajstić information content (AvgIpc) is 3.11. The minimum atomic E-state index is -0.324. The second kappa shape index (κ2) is 6.68. The van der Waals surface area contributed by atoms with E-state index in [4.69, 9.17) is 0 Å². The summed E-state index contributed by atoms with van der Waals surface area (Å²) in [5.41, 5.74) is 7.65. The zero-order valence-corrected chi connectivity index (χ0v) is 17.9. The molecule has 0 saturated carbocycles. The molecule has 0 aliphatic heterocycles. The van der Waals surface area contributed by atoms with Gasteiger partial charge in [0, 0.05) is 4.47 Å². The van der Waals surface area contributed by atoms with Crippen LogP contribution in [0.25, 0.3) is 21.9 Å². The summed E-state index contributed by atoms with van der Waals surface area (Å²) in [6.45, 7) is 0. The van der Waals surface area contributed by atoms with E-state index < -0.39 is 0 Å². The van der Waals surface area contributed by atoms with Crippen molar-refractivity contribution in [3.63, 3.8) is 0 Å². The van der Waals surface area contributed by atoms with Crippen molar-refractivity contribution in [2.45, 2.75) is 5.41 Å². The molecule has 30 heavy (non-hydrogen) atoms. The van der Waals surface area contributed by atoms with Crippen LogP contribution in [0.2, 0.25) is 0 Å². The molecular weight excluding hydrogens is 428 g/mol. The first-order chi connectivity index (χ1) is 14.8. The lowest BCUT2D eigenvalue weighted by atomic mass is 9.67. The molecule has 0 heterocycles. The van der Waals surface area contributed by atoms with Gasteiger partial charge in [-0.25, -0.2) is 0 Å². The van der Waals surface area contributed by atoms with Gasteiger partial charge < -0.3 is 0 Å². The highest BCUT2D eigenvalue weighted by molar-refractivity contribution is 9.10. The summed E-state index contributed by atoms with van der Waals surface area (Å²) >= 11 is 3.61. The van der Waals surface area contributed by atoms with Gasteiger partial charge in [0.15, 0.2) is 0 Å². The molecule has 0 atom stereocenters. The van der Waals surface area contributed by atoms with Crippen molar-refractivity contribution in [1.82, 2.24) is 0 Å². The fourth-order valence-electron chi connectivity index (χ4n) is 5.16. The highest BCUT2D eigenvalue weighted by Gasteiger charge is 2.45. The van der Waals surface area contributed by atoms with Crippen molar-refractivity contribution >= 4 is 26.7 Å². The molecule has 1 aliphatic carbocycles. The summed E-state index contributed by atoms with van der Waals surface area (Å²) in [6.07, 6.45) is 0. The third-order valence-corrected chi connectivity index (χ3v) is 6.89. The Bertz CT molecular complexity index is 1350. The molecule has 5 aromatic carbocycles. The van der Waals surface area contributed by atoms with Crippen LogP contribution in [0.1, 0.15) is 22.3 Å². The number of hydrogen-bond acceptors (Lipinski definition) is 0. The summed E-state index contributed by atoms with van der Waals surface area (Å²) in [5, 5.41) is 2.50. The minimum Gasteiger partial charge on any atom is -0.0622 e. The molecule has 0 fully saturated rings. The topological polar surface area (TPSA) is 0 Å². The predicted octanol–water partition coefficient (Wildman–Crippen LogP) is 7.97. The maximum absolute atomic E-state index is 3.61. The van der Waals surface area contributed by atoms with Gasteiger partial charge in [-0.3, -0.25) is 0 Å².